The maximum Gasteiger partial charge on any atom is 0.165 e. The normalized spacial score (nSPS) is 11.6. The molecule has 1 N–H and O–H groups in total. The molecule has 3 aromatic rings. The Morgan fingerprint density at radius 1 is 0.880 bits per heavy atom. The summed E-state index contributed by atoms with van der Waals surface area (Å²) in [6.45, 7) is 0. The molecule has 126 valence electrons. The van der Waals surface area contributed by atoms with Gasteiger partial charge in [-0.3, -0.25) is 4.79 Å². The van der Waals surface area contributed by atoms with Crippen LogP contribution in [0, 0.1) is 0 Å². The number of Topliss-reactive ketones (excluding diaryl/α,β-unsaturated/α-hetero) is 1. The second kappa shape index (κ2) is 8.15. The Kier molecular flexibility index (Phi) is 5.47. The van der Waals surface area contributed by atoms with Gasteiger partial charge in [0.2, 0.25) is 0 Å². The highest BCUT2D eigenvalue weighted by Gasteiger charge is 2.17. The third-order valence-corrected chi connectivity index (χ3v) is 4.12. The molecule has 0 unspecified atom stereocenters. The Morgan fingerprint density at radius 3 is 2.08 bits per heavy atom. The van der Waals surface area contributed by atoms with E-state index in [2.05, 4.69) is 5.32 Å². The lowest BCUT2D eigenvalue weighted by Gasteiger charge is -2.20. The molecule has 0 spiro atoms. The number of ketones is 1. The molecule has 3 nitrogen and oxygen atoms in total. The summed E-state index contributed by atoms with van der Waals surface area (Å²) in [6.07, 6.45) is 0.380. The number of methoxy groups -OCH3 is 1. The molecular weight excluding hydrogens is 310 g/mol. The van der Waals surface area contributed by atoms with Gasteiger partial charge in [-0.25, -0.2) is 0 Å². The van der Waals surface area contributed by atoms with Crippen molar-refractivity contribution in [3.63, 3.8) is 0 Å². The third-order valence-electron chi connectivity index (χ3n) is 4.12. The van der Waals surface area contributed by atoms with Gasteiger partial charge in [0.05, 0.1) is 13.2 Å². The summed E-state index contributed by atoms with van der Waals surface area (Å²) < 4.78 is 5.15. The SMILES string of the molecule is COc1ccc(C(=O)C[C@@H](Nc2ccccc2)c2ccccc2)cc1. The van der Waals surface area contributed by atoms with Crippen LogP contribution in [0.2, 0.25) is 0 Å². The summed E-state index contributed by atoms with van der Waals surface area (Å²) in [5.41, 5.74) is 2.78. The summed E-state index contributed by atoms with van der Waals surface area (Å²) in [6, 6.07) is 27.2. The predicted octanol–water partition coefficient (Wildman–Crippen LogP) is 5.12. The van der Waals surface area contributed by atoms with Crippen molar-refractivity contribution < 1.29 is 9.53 Å². The van der Waals surface area contributed by atoms with E-state index in [1.807, 2.05) is 84.9 Å². The quantitative estimate of drug-likeness (QED) is 0.611. The van der Waals surface area contributed by atoms with Gasteiger partial charge >= 0.3 is 0 Å². The first kappa shape index (κ1) is 16.8. The number of carbonyl (C=O) groups is 1. The number of nitrogens with one attached hydrogen (secondary N) is 1. The molecule has 0 saturated heterocycles. The Morgan fingerprint density at radius 2 is 1.48 bits per heavy atom. The Bertz CT molecular complexity index is 798. The average molecular weight is 331 g/mol. The fourth-order valence-electron chi connectivity index (χ4n) is 2.75. The lowest BCUT2D eigenvalue weighted by atomic mass is 9.97. The number of benzene rings is 3. The first-order valence-corrected chi connectivity index (χ1v) is 8.30. The number of carbonyl (C=O) groups excluding carboxylic acids is 1. The van der Waals surface area contributed by atoms with Crippen molar-refractivity contribution in [3.05, 3.63) is 96.1 Å². The zero-order valence-corrected chi connectivity index (χ0v) is 14.2. The maximum absolute atomic E-state index is 12.7. The molecule has 25 heavy (non-hydrogen) atoms. The maximum atomic E-state index is 12.7. The van der Waals surface area contributed by atoms with Crippen molar-refractivity contribution in [1.82, 2.24) is 0 Å². The molecule has 3 rings (SSSR count). The highest BCUT2D eigenvalue weighted by molar-refractivity contribution is 5.96. The highest BCUT2D eigenvalue weighted by atomic mass is 16.5. The Balaban J connectivity index is 1.80. The fraction of sp³-hybridized carbons (Fsp3) is 0.136. The fourth-order valence-corrected chi connectivity index (χ4v) is 2.75. The van der Waals surface area contributed by atoms with E-state index in [0.717, 1.165) is 17.0 Å². The van der Waals surface area contributed by atoms with Gasteiger partial charge in [-0.2, -0.15) is 0 Å². The molecule has 0 saturated carbocycles. The van der Waals surface area contributed by atoms with E-state index < -0.39 is 0 Å². The molecule has 0 aliphatic carbocycles. The second-order valence-electron chi connectivity index (χ2n) is 5.83. The van der Waals surface area contributed by atoms with Gasteiger partial charge in [0, 0.05) is 17.7 Å². The number of anilines is 1. The van der Waals surface area contributed by atoms with Crippen LogP contribution < -0.4 is 10.1 Å². The molecule has 0 bridgehead atoms. The van der Waals surface area contributed by atoms with Crippen LogP contribution in [0.3, 0.4) is 0 Å². The number of ether oxygens (including phenoxy) is 1. The average Bonchev–Trinajstić information content (AvgIpc) is 2.69. The van der Waals surface area contributed by atoms with E-state index in [1.54, 1.807) is 7.11 Å². The van der Waals surface area contributed by atoms with Crippen molar-refractivity contribution in [1.29, 1.82) is 0 Å². The largest absolute Gasteiger partial charge is 0.497 e. The van der Waals surface area contributed by atoms with Crippen molar-refractivity contribution in [2.75, 3.05) is 12.4 Å². The first-order chi connectivity index (χ1) is 12.3. The van der Waals surface area contributed by atoms with Crippen LogP contribution in [-0.2, 0) is 0 Å². The van der Waals surface area contributed by atoms with E-state index in [-0.39, 0.29) is 11.8 Å². The van der Waals surface area contributed by atoms with Crippen molar-refractivity contribution in [3.8, 4) is 5.75 Å². The predicted molar refractivity (Wildman–Crippen MR) is 101 cm³/mol. The molecule has 3 heteroatoms. The molecule has 0 fully saturated rings. The summed E-state index contributed by atoms with van der Waals surface area (Å²) in [4.78, 5) is 12.7. The van der Waals surface area contributed by atoms with Gasteiger partial charge < -0.3 is 10.1 Å². The molecule has 0 radical (unpaired) electrons. The van der Waals surface area contributed by atoms with Gasteiger partial charge in [-0.15, -0.1) is 0 Å². The van der Waals surface area contributed by atoms with E-state index in [1.165, 1.54) is 0 Å². The molecule has 0 heterocycles. The number of rotatable bonds is 7. The zero-order valence-electron chi connectivity index (χ0n) is 14.2. The van der Waals surface area contributed by atoms with Gasteiger partial charge in [0.1, 0.15) is 5.75 Å². The number of para-hydroxylation sites is 1. The smallest absolute Gasteiger partial charge is 0.165 e. The summed E-state index contributed by atoms with van der Waals surface area (Å²) >= 11 is 0. The molecule has 0 aliphatic heterocycles. The van der Waals surface area contributed by atoms with Crippen LogP contribution in [-0.4, -0.2) is 12.9 Å². The minimum atomic E-state index is -0.0850. The molecular formula is C22H21NO2. The molecule has 0 aliphatic rings. The van der Waals surface area contributed by atoms with Crippen LogP contribution in [0.5, 0.6) is 5.75 Å². The second-order valence-corrected chi connectivity index (χ2v) is 5.83. The molecule has 3 aromatic carbocycles. The molecule has 0 amide bonds. The minimum absolute atomic E-state index is 0.0850. The summed E-state index contributed by atoms with van der Waals surface area (Å²) in [5, 5.41) is 3.47. The van der Waals surface area contributed by atoms with Crippen LogP contribution in [0.15, 0.2) is 84.9 Å². The van der Waals surface area contributed by atoms with E-state index in [0.29, 0.717) is 12.0 Å². The molecule has 1 atom stereocenters. The number of hydrogen-bond donors (Lipinski definition) is 1. The standard InChI is InChI=1S/C22H21NO2/c1-25-20-14-12-18(13-15-20)22(24)16-21(17-8-4-2-5-9-17)23-19-10-6-3-7-11-19/h2-15,21,23H,16H2,1H3/t21-/m1/s1. The lowest BCUT2D eigenvalue weighted by Crippen LogP contribution is -2.15. The van der Waals surface area contributed by atoms with Crippen LogP contribution >= 0.6 is 0 Å². The van der Waals surface area contributed by atoms with Gasteiger partial charge in [-0.1, -0.05) is 48.5 Å². The highest BCUT2D eigenvalue weighted by Crippen LogP contribution is 2.25. The van der Waals surface area contributed by atoms with Crippen LogP contribution in [0.4, 0.5) is 5.69 Å². The van der Waals surface area contributed by atoms with Crippen molar-refractivity contribution >= 4 is 11.5 Å². The van der Waals surface area contributed by atoms with E-state index in [9.17, 15) is 4.79 Å². The summed E-state index contributed by atoms with van der Waals surface area (Å²) in [5.74, 6) is 0.846. The minimum Gasteiger partial charge on any atom is -0.497 e. The van der Waals surface area contributed by atoms with Crippen molar-refractivity contribution in [2.24, 2.45) is 0 Å². The van der Waals surface area contributed by atoms with Gasteiger partial charge in [-0.05, 0) is 42.0 Å². The third kappa shape index (κ3) is 4.48. The van der Waals surface area contributed by atoms with Gasteiger partial charge in [0.15, 0.2) is 5.78 Å². The lowest BCUT2D eigenvalue weighted by molar-refractivity contribution is 0.0976. The van der Waals surface area contributed by atoms with Gasteiger partial charge in [0.25, 0.3) is 0 Å². The van der Waals surface area contributed by atoms with Crippen LogP contribution in [0.1, 0.15) is 28.4 Å². The summed E-state index contributed by atoms with van der Waals surface area (Å²) in [7, 11) is 1.62. The van der Waals surface area contributed by atoms with E-state index >= 15 is 0 Å². The first-order valence-electron chi connectivity index (χ1n) is 8.30. The molecule has 0 aromatic heterocycles. The monoisotopic (exact) mass is 331 g/mol. The topological polar surface area (TPSA) is 38.3 Å². The van der Waals surface area contributed by atoms with Crippen molar-refractivity contribution in [2.45, 2.75) is 12.5 Å². The van der Waals surface area contributed by atoms with E-state index in [4.69, 9.17) is 4.74 Å². The Hall–Kier alpha value is -3.07. The van der Waals surface area contributed by atoms with Crippen LogP contribution in [0.25, 0.3) is 0 Å². The zero-order chi connectivity index (χ0) is 17.5. The number of hydrogen-bond acceptors (Lipinski definition) is 3. The Labute approximate surface area is 148 Å².